The molecule has 3 nitrogen and oxygen atoms in total. The summed E-state index contributed by atoms with van der Waals surface area (Å²) in [6.07, 6.45) is 0.956. The first-order valence-electron chi connectivity index (χ1n) is 4.72. The van der Waals surface area contributed by atoms with Crippen molar-refractivity contribution in [2.75, 3.05) is 32.9 Å². The molecule has 0 aromatic rings. The Morgan fingerprint density at radius 3 is 2.67 bits per heavy atom. The highest BCUT2D eigenvalue weighted by molar-refractivity contribution is 4.90. The van der Waals surface area contributed by atoms with Crippen molar-refractivity contribution >= 4 is 0 Å². The van der Waals surface area contributed by atoms with E-state index in [1.165, 1.54) is 0 Å². The van der Waals surface area contributed by atoms with Gasteiger partial charge in [0.05, 0.1) is 25.4 Å². The summed E-state index contributed by atoms with van der Waals surface area (Å²) < 4.78 is 5.40. The van der Waals surface area contributed by atoms with Gasteiger partial charge in [-0.15, -0.1) is 0 Å². The summed E-state index contributed by atoms with van der Waals surface area (Å²) in [5, 5.41) is 9.32. The third-order valence-electron chi connectivity index (χ3n) is 2.88. The first-order valence-corrected chi connectivity index (χ1v) is 4.72. The van der Waals surface area contributed by atoms with Crippen LogP contribution in [0.5, 0.6) is 0 Å². The highest BCUT2D eigenvalue weighted by atomic mass is 16.5. The monoisotopic (exact) mass is 173 g/mol. The fraction of sp³-hybridized carbons (Fsp3) is 1.00. The van der Waals surface area contributed by atoms with Crippen LogP contribution in [-0.4, -0.2) is 48.5 Å². The summed E-state index contributed by atoms with van der Waals surface area (Å²) in [5.41, 5.74) is -0.104. The smallest absolute Gasteiger partial charge is 0.0673 e. The van der Waals surface area contributed by atoms with E-state index < -0.39 is 0 Å². The van der Waals surface area contributed by atoms with E-state index in [0.29, 0.717) is 6.61 Å². The lowest BCUT2D eigenvalue weighted by Gasteiger charge is -2.45. The van der Waals surface area contributed by atoms with E-state index in [4.69, 9.17) is 4.74 Å². The fourth-order valence-corrected chi connectivity index (χ4v) is 1.84. The van der Waals surface area contributed by atoms with E-state index in [-0.39, 0.29) is 12.1 Å². The summed E-state index contributed by atoms with van der Waals surface area (Å²) in [7, 11) is 0. The van der Waals surface area contributed by atoms with Gasteiger partial charge in [-0.25, -0.2) is 0 Å². The van der Waals surface area contributed by atoms with Crippen LogP contribution in [-0.2, 0) is 4.74 Å². The first kappa shape index (κ1) is 9.96. The Morgan fingerprint density at radius 1 is 1.50 bits per heavy atom. The van der Waals surface area contributed by atoms with Crippen molar-refractivity contribution in [3.8, 4) is 0 Å². The average Bonchev–Trinajstić information content (AvgIpc) is 2.17. The molecule has 0 bridgehead atoms. The van der Waals surface area contributed by atoms with Crippen molar-refractivity contribution in [1.82, 2.24) is 4.90 Å². The van der Waals surface area contributed by atoms with E-state index >= 15 is 0 Å². The quantitative estimate of drug-likeness (QED) is 0.674. The van der Waals surface area contributed by atoms with Crippen molar-refractivity contribution in [1.29, 1.82) is 0 Å². The van der Waals surface area contributed by atoms with Crippen LogP contribution in [0.3, 0.4) is 0 Å². The second-order valence-corrected chi connectivity index (χ2v) is 3.37. The van der Waals surface area contributed by atoms with Crippen LogP contribution in [0.1, 0.15) is 20.3 Å². The van der Waals surface area contributed by atoms with Crippen molar-refractivity contribution in [2.45, 2.75) is 25.8 Å². The molecule has 1 aliphatic rings. The van der Waals surface area contributed by atoms with Crippen LogP contribution in [0.25, 0.3) is 0 Å². The Labute approximate surface area is 74.3 Å². The molecule has 1 saturated heterocycles. The molecule has 0 aromatic carbocycles. The van der Waals surface area contributed by atoms with E-state index in [9.17, 15) is 5.11 Å². The zero-order valence-electron chi connectivity index (χ0n) is 8.05. The van der Waals surface area contributed by atoms with Gasteiger partial charge in [0.1, 0.15) is 0 Å². The number of rotatable bonds is 3. The Hall–Kier alpha value is -0.120. The summed E-state index contributed by atoms with van der Waals surface area (Å²) in [6.45, 7) is 7.86. The molecule has 0 aromatic heterocycles. The van der Waals surface area contributed by atoms with Gasteiger partial charge in [0.2, 0.25) is 0 Å². The van der Waals surface area contributed by atoms with E-state index in [1.807, 2.05) is 0 Å². The maximum Gasteiger partial charge on any atom is 0.0673 e. The predicted octanol–water partition coefficient (Wildman–Crippen LogP) is 0.480. The zero-order valence-corrected chi connectivity index (χ0v) is 8.05. The molecule has 72 valence electrons. The van der Waals surface area contributed by atoms with Crippen molar-refractivity contribution in [2.24, 2.45) is 0 Å². The van der Waals surface area contributed by atoms with Crippen LogP contribution in [0.15, 0.2) is 0 Å². The number of hydrogen-bond acceptors (Lipinski definition) is 3. The Kier molecular flexibility index (Phi) is 3.50. The molecule has 1 rings (SSSR count). The minimum atomic E-state index is -0.104. The van der Waals surface area contributed by atoms with Gasteiger partial charge in [0, 0.05) is 6.54 Å². The van der Waals surface area contributed by atoms with Gasteiger partial charge in [0.15, 0.2) is 0 Å². The minimum absolute atomic E-state index is 0.104. The first-order chi connectivity index (χ1) is 5.79. The number of morpholine rings is 1. The van der Waals surface area contributed by atoms with Gasteiger partial charge < -0.3 is 9.84 Å². The Bertz CT molecular complexity index is 134. The van der Waals surface area contributed by atoms with Crippen molar-refractivity contribution < 1.29 is 9.84 Å². The maximum atomic E-state index is 9.32. The van der Waals surface area contributed by atoms with Crippen LogP contribution >= 0.6 is 0 Å². The minimum Gasteiger partial charge on any atom is -0.394 e. The molecule has 1 atom stereocenters. The third-order valence-corrected chi connectivity index (χ3v) is 2.88. The predicted molar refractivity (Wildman–Crippen MR) is 48.2 cm³/mol. The van der Waals surface area contributed by atoms with Crippen molar-refractivity contribution in [3.63, 3.8) is 0 Å². The Balaban J connectivity index is 2.66. The molecule has 1 N–H and O–H groups in total. The number of aliphatic hydroxyl groups excluding tert-OH is 1. The fourth-order valence-electron chi connectivity index (χ4n) is 1.84. The van der Waals surface area contributed by atoms with Gasteiger partial charge in [-0.05, 0) is 13.0 Å². The summed E-state index contributed by atoms with van der Waals surface area (Å²) in [5.74, 6) is 0. The molecular weight excluding hydrogens is 154 g/mol. The molecule has 12 heavy (non-hydrogen) atoms. The van der Waals surface area contributed by atoms with Gasteiger partial charge >= 0.3 is 0 Å². The largest absolute Gasteiger partial charge is 0.394 e. The van der Waals surface area contributed by atoms with Crippen LogP contribution in [0, 0.1) is 0 Å². The molecule has 1 heterocycles. The second kappa shape index (κ2) is 4.21. The molecule has 0 amide bonds. The van der Waals surface area contributed by atoms with Crippen LogP contribution < -0.4 is 0 Å². The molecule has 0 aliphatic carbocycles. The molecule has 1 unspecified atom stereocenters. The van der Waals surface area contributed by atoms with E-state index in [2.05, 4.69) is 18.7 Å². The standard InChI is InChI=1S/C9H19NO2/c1-3-9(7-11)8-12-6-5-10(9)4-2/h11H,3-8H2,1-2H3. The van der Waals surface area contributed by atoms with E-state index in [0.717, 1.165) is 26.1 Å². The van der Waals surface area contributed by atoms with Crippen molar-refractivity contribution in [3.05, 3.63) is 0 Å². The zero-order chi connectivity index (χ0) is 9.03. The highest BCUT2D eigenvalue weighted by Crippen LogP contribution is 2.22. The Morgan fingerprint density at radius 2 is 2.25 bits per heavy atom. The van der Waals surface area contributed by atoms with Gasteiger partial charge in [0.25, 0.3) is 0 Å². The van der Waals surface area contributed by atoms with Gasteiger partial charge in [-0.1, -0.05) is 13.8 Å². The lowest BCUT2D eigenvalue weighted by atomic mass is 9.94. The molecule has 0 saturated carbocycles. The number of hydrogen-bond donors (Lipinski definition) is 1. The number of likely N-dealkylation sites (N-methyl/N-ethyl adjacent to an activating group) is 1. The third kappa shape index (κ3) is 1.63. The lowest BCUT2D eigenvalue weighted by Crippen LogP contribution is -2.58. The van der Waals surface area contributed by atoms with Gasteiger partial charge in [-0.2, -0.15) is 0 Å². The van der Waals surface area contributed by atoms with Crippen LogP contribution in [0.2, 0.25) is 0 Å². The molecule has 1 aliphatic heterocycles. The SMILES string of the molecule is CCN1CCOCC1(CC)CO. The lowest BCUT2D eigenvalue weighted by molar-refractivity contribution is -0.0910. The highest BCUT2D eigenvalue weighted by Gasteiger charge is 2.36. The van der Waals surface area contributed by atoms with Crippen LogP contribution in [0.4, 0.5) is 0 Å². The topological polar surface area (TPSA) is 32.7 Å². The summed E-state index contributed by atoms with van der Waals surface area (Å²) in [4.78, 5) is 2.32. The normalized spacial score (nSPS) is 32.2. The van der Waals surface area contributed by atoms with E-state index in [1.54, 1.807) is 0 Å². The maximum absolute atomic E-state index is 9.32. The molecule has 3 heteroatoms. The molecule has 0 spiro atoms. The average molecular weight is 173 g/mol. The molecule has 1 fully saturated rings. The number of nitrogens with zero attached hydrogens (tertiary/aromatic N) is 1. The van der Waals surface area contributed by atoms with Gasteiger partial charge in [-0.3, -0.25) is 4.90 Å². The second-order valence-electron chi connectivity index (χ2n) is 3.37. The molecular formula is C9H19NO2. The summed E-state index contributed by atoms with van der Waals surface area (Å²) >= 11 is 0. The number of aliphatic hydroxyl groups is 1. The molecule has 0 radical (unpaired) electrons. The summed E-state index contributed by atoms with van der Waals surface area (Å²) in [6, 6.07) is 0. The number of ether oxygens (including phenoxy) is 1.